The fourth-order valence-corrected chi connectivity index (χ4v) is 3.45. The van der Waals surface area contributed by atoms with Gasteiger partial charge in [-0.2, -0.15) is 0 Å². The third kappa shape index (κ3) is 3.14. The smallest absolute Gasteiger partial charge is 0.265 e. The maximum Gasteiger partial charge on any atom is 0.265 e. The summed E-state index contributed by atoms with van der Waals surface area (Å²) in [6, 6.07) is 9.91. The Morgan fingerprint density at radius 2 is 2.00 bits per heavy atom. The van der Waals surface area contributed by atoms with E-state index in [-0.39, 0.29) is 12.5 Å². The van der Waals surface area contributed by atoms with Crippen molar-refractivity contribution in [1.29, 1.82) is 0 Å². The van der Waals surface area contributed by atoms with Crippen molar-refractivity contribution >= 4 is 17.2 Å². The number of aliphatic hydroxyl groups excluding tert-OH is 1. The summed E-state index contributed by atoms with van der Waals surface area (Å²) in [7, 11) is 0. The molecule has 0 atom stereocenters. The number of hydrogen-bond donors (Lipinski definition) is 1. The summed E-state index contributed by atoms with van der Waals surface area (Å²) in [4.78, 5) is 19.4. The van der Waals surface area contributed by atoms with Crippen molar-refractivity contribution in [2.45, 2.75) is 12.8 Å². The molecule has 4 nitrogen and oxygen atoms in total. The number of likely N-dealkylation sites (tertiary alicyclic amines) is 1. The highest BCUT2D eigenvalue weighted by Crippen LogP contribution is 2.27. The van der Waals surface area contributed by atoms with E-state index in [1.807, 2.05) is 35.2 Å². The number of carbonyl (C=O) groups excluding carboxylic acids is 1. The number of carbonyl (C=O) groups is 1. The summed E-state index contributed by atoms with van der Waals surface area (Å²) in [5.41, 5.74) is 1.04. The van der Waals surface area contributed by atoms with Gasteiger partial charge in [-0.3, -0.25) is 4.79 Å². The molecule has 1 aliphatic heterocycles. The van der Waals surface area contributed by atoms with Crippen molar-refractivity contribution in [2.24, 2.45) is 5.92 Å². The number of aliphatic hydroxyl groups is 1. The van der Waals surface area contributed by atoms with Gasteiger partial charge in [0.15, 0.2) is 0 Å². The molecule has 1 aromatic carbocycles. The van der Waals surface area contributed by atoms with E-state index in [4.69, 9.17) is 5.11 Å². The van der Waals surface area contributed by atoms with E-state index in [0.717, 1.165) is 36.5 Å². The first-order valence-corrected chi connectivity index (χ1v) is 8.01. The van der Waals surface area contributed by atoms with Gasteiger partial charge in [0, 0.05) is 25.3 Å². The number of piperidine rings is 1. The minimum atomic E-state index is 0.0612. The second kappa shape index (κ2) is 6.37. The Labute approximate surface area is 128 Å². The molecule has 110 valence electrons. The molecule has 0 radical (unpaired) electrons. The van der Waals surface area contributed by atoms with Crippen molar-refractivity contribution in [3.63, 3.8) is 0 Å². The Morgan fingerprint density at radius 3 is 2.67 bits per heavy atom. The molecule has 1 fully saturated rings. The number of hydrogen-bond acceptors (Lipinski definition) is 4. The summed E-state index contributed by atoms with van der Waals surface area (Å²) < 4.78 is 0. The number of aromatic nitrogens is 1. The zero-order valence-electron chi connectivity index (χ0n) is 11.7. The molecule has 5 heteroatoms. The fourth-order valence-electron chi connectivity index (χ4n) is 2.56. The van der Waals surface area contributed by atoms with E-state index in [1.54, 1.807) is 6.20 Å². The summed E-state index contributed by atoms with van der Waals surface area (Å²) in [5.74, 6) is 0.404. The maximum atomic E-state index is 12.5. The van der Waals surface area contributed by atoms with Gasteiger partial charge in [-0.25, -0.2) is 4.98 Å². The van der Waals surface area contributed by atoms with E-state index in [1.165, 1.54) is 11.3 Å². The van der Waals surface area contributed by atoms with Gasteiger partial charge in [-0.05, 0) is 18.8 Å². The van der Waals surface area contributed by atoms with E-state index in [2.05, 4.69) is 4.98 Å². The number of nitrogens with zero attached hydrogens (tertiary/aromatic N) is 2. The first kappa shape index (κ1) is 14.2. The fraction of sp³-hybridized carbons (Fsp3) is 0.375. The molecule has 0 bridgehead atoms. The lowest BCUT2D eigenvalue weighted by molar-refractivity contribution is 0.0655. The number of thiazole rings is 1. The average Bonchev–Trinajstić information content (AvgIpc) is 3.05. The molecular formula is C16H18N2O2S. The third-order valence-electron chi connectivity index (χ3n) is 3.90. The molecule has 0 unspecified atom stereocenters. The van der Waals surface area contributed by atoms with Gasteiger partial charge in [0.25, 0.3) is 5.91 Å². The molecule has 3 rings (SSSR count). The van der Waals surface area contributed by atoms with E-state index in [9.17, 15) is 4.79 Å². The van der Waals surface area contributed by atoms with Gasteiger partial charge < -0.3 is 10.0 Å². The van der Waals surface area contributed by atoms with Crippen molar-refractivity contribution in [2.75, 3.05) is 19.7 Å². The molecule has 2 aromatic rings. The molecule has 1 saturated heterocycles. The molecule has 0 aliphatic carbocycles. The maximum absolute atomic E-state index is 12.5. The summed E-state index contributed by atoms with van der Waals surface area (Å²) >= 11 is 1.44. The first-order chi connectivity index (χ1) is 10.3. The predicted molar refractivity (Wildman–Crippen MR) is 83.3 cm³/mol. The summed E-state index contributed by atoms with van der Waals surface area (Å²) in [6.45, 7) is 1.67. The average molecular weight is 302 g/mol. The van der Waals surface area contributed by atoms with Crippen molar-refractivity contribution in [3.8, 4) is 10.6 Å². The molecule has 1 N–H and O–H groups in total. The van der Waals surface area contributed by atoms with Gasteiger partial charge in [0.2, 0.25) is 0 Å². The van der Waals surface area contributed by atoms with Gasteiger partial charge in [-0.15, -0.1) is 11.3 Å². The summed E-state index contributed by atoms with van der Waals surface area (Å²) in [5, 5.41) is 10.0. The highest BCUT2D eigenvalue weighted by atomic mass is 32.1. The Balaban J connectivity index is 1.70. The molecule has 1 amide bonds. The lowest BCUT2D eigenvalue weighted by Crippen LogP contribution is -2.38. The van der Waals surface area contributed by atoms with Crippen LogP contribution in [0.4, 0.5) is 0 Å². The second-order valence-electron chi connectivity index (χ2n) is 5.31. The zero-order valence-corrected chi connectivity index (χ0v) is 12.6. The monoisotopic (exact) mass is 302 g/mol. The van der Waals surface area contributed by atoms with Crippen LogP contribution in [0.3, 0.4) is 0 Å². The van der Waals surface area contributed by atoms with E-state index < -0.39 is 0 Å². The molecule has 0 saturated carbocycles. The molecule has 1 aromatic heterocycles. The van der Waals surface area contributed by atoms with Crippen LogP contribution in [0, 0.1) is 5.92 Å². The van der Waals surface area contributed by atoms with Crippen LogP contribution in [0.15, 0.2) is 36.5 Å². The quantitative estimate of drug-likeness (QED) is 0.948. The van der Waals surface area contributed by atoms with Gasteiger partial charge in [0.1, 0.15) is 9.88 Å². The zero-order chi connectivity index (χ0) is 14.7. The number of amides is 1. The Hall–Kier alpha value is -1.72. The minimum absolute atomic E-state index is 0.0612. The molecule has 0 spiro atoms. The minimum Gasteiger partial charge on any atom is -0.396 e. The third-order valence-corrected chi connectivity index (χ3v) is 4.93. The van der Waals surface area contributed by atoms with Gasteiger partial charge >= 0.3 is 0 Å². The van der Waals surface area contributed by atoms with Crippen LogP contribution in [0.2, 0.25) is 0 Å². The van der Waals surface area contributed by atoms with Crippen LogP contribution in [-0.4, -0.2) is 40.6 Å². The standard InChI is InChI=1S/C16H18N2O2S/c19-11-12-6-8-18(9-7-12)16(20)14-10-17-15(21-14)13-4-2-1-3-5-13/h1-5,10,12,19H,6-9,11H2. The molecule has 21 heavy (non-hydrogen) atoms. The highest BCUT2D eigenvalue weighted by molar-refractivity contribution is 7.16. The Kier molecular flexibility index (Phi) is 4.31. The van der Waals surface area contributed by atoms with Crippen molar-refractivity contribution in [3.05, 3.63) is 41.4 Å². The van der Waals surface area contributed by atoms with Crippen LogP contribution >= 0.6 is 11.3 Å². The first-order valence-electron chi connectivity index (χ1n) is 7.19. The number of benzene rings is 1. The van der Waals surface area contributed by atoms with Gasteiger partial charge in [0.05, 0.1) is 6.20 Å². The van der Waals surface area contributed by atoms with Gasteiger partial charge in [-0.1, -0.05) is 30.3 Å². The normalized spacial score (nSPS) is 16.1. The SMILES string of the molecule is O=C(c1cnc(-c2ccccc2)s1)N1CCC(CO)CC1. The Bertz CT molecular complexity index is 604. The lowest BCUT2D eigenvalue weighted by Gasteiger charge is -2.30. The predicted octanol–water partition coefficient (Wildman–Crippen LogP) is 2.65. The molecule has 1 aliphatic rings. The topological polar surface area (TPSA) is 53.4 Å². The molecule has 2 heterocycles. The number of rotatable bonds is 3. The second-order valence-corrected chi connectivity index (χ2v) is 6.34. The van der Waals surface area contributed by atoms with E-state index in [0.29, 0.717) is 10.8 Å². The van der Waals surface area contributed by atoms with Crippen LogP contribution in [0.1, 0.15) is 22.5 Å². The largest absolute Gasteiger partial charge is 0.396 e. The van der Waals surface area contributed by atoms with Crippen LogP contribution in [-0.2, 0) is 0 Å². The van der Waals surface area contributed by atoms with Crippen molar-refractivity contribution in [1.82, 2.24) is 9.88 Å². The Morgan fingerprint density at radius 1 is 1.29 bits per heavy atom. The highest BCUT2D eigenvalue weighted by Gasteiger charge is 2.24. The van der Waals surface area contributed by atoms with Crippen LogP contribution < -0.4 is 0 Å². The lowest BCUT2D eigenvalue weighted by atomic mass is 9.98. The van der Waals surface area contributed by atoms with E-state index >= 15 is 0 Å². The molecular weight excluding hydrogens is 284 g/mol. The van der Waals surface area contributed by atoms with Crippen molar-refractivity contribution < 1.29 is 9.90 Å². The van der Waals surface area contributed by atoms with Crippen LogP contribution in [0.5, 0.6) is 0 Å². The summed E-state index contributed by atoms with van der Waals surface area (Å²) in [6.07, 6.45) is 3.44. The van der Waals surface area contributed by atoms with Crippen LogP contribution in [0.25, 0.3) is 10.6 Å².